The number of fused-ring (bicyclic) bond motifs is 1. The molecule has 0 aromatic carbocycles. The maximum absolute atomic E-state index is 11.4. The third-order valence-electron chi connectivity index (χ3n) is 3.99. The van der Waals surface area contributed by atoms with Gasteiger partial charge in [-0.2, -0.15) is 0 Å². The topological polar surface area (TPSA) is 79.3 Å². The second kappa shape index (κ2) is 8.51. The lowest BCUT2D eigenvalue weighted by molar-refractivity contribution is -0.137. The Balaban J connectivity index is 1.62. The van der Waals surface area contributed by atoms with Gasteiger partial charge < -0.3 is 10.4 Å². The van der Waals surface area contributed by atoms with Crippen molar-refractivity contribution < 1.29 is 14.7 Å². The summed E-state index contributed by atoms with van der Waals surface area (Å²) in [6, 6.07) is 4.13. The third-order valence-corrected chi connectivity index (χ3v) is 3.99. The zero-order valence-electron chi connectivity index (χ0n) is 12.9. The number of carbonyl (C=O) groups is 2. The molecule has 5 nitrogen and oxygen atoms in total. The molecule has 22 heavy (non-hydrogen) atoms. The molecule has 2 rings (SSSR count). The number of carboxylic acid groups (broad SMARTS) is 1. The van der Waals surface area contributed by atoms with Crippen LogP contribution < -0.4 is 5.32 Å². The molecule has 0 atom stereocenters. The highest BCUT2D eigenvalue weighted by molar-refractivity contribution is 5.92. The first kappa shape index (κ1) is 16.5. The van der Waals surface area contributed by atoms with Gasteiger partial charge in [0.1, 0.15) is 5.82 Å². The van der Waals surface area contributed by atoms with Gasteiger partial charge >= 0.3 is 5.97 Å². The van der Waals surface area contributed by atoms with Crippen LogP contribution in [-0.2, 0) is 22.4 Å². The van der Waals surface area contributed by atoms with Crippen LogP contribution in [0.1, 0.15) is 62.6 Å². The first-order valence-corrected chi connectivity index (χ1v) is 8.15. The van der Waals surface area contributed by atoms with E-state index in [-0.39, 0.29) is 12.3 Å². The number of hydrogen-bond donors (Lipinski definition) is 2. The van der Waals surface area contributed by atoms with Gasteiger partial charge in [-0.3, -0.25) is 9.59 Å². The van der Waals surface area contributed by atoms with Gasteiger partial charge in [0, 0.05) is 18.5 Å². The molecule has 1 amide bonds. The van der Waals surface area contributed by atoms with Crippen molar-refractivity contribution in [1.29, 1.82) is 0 Å². The van der Waals surface area contributed by atoms with E-state index in [1.165, 1.54) is 0 Å². The number of amides is 1. The summed E-state index contributed by atoms with van der Waals surface area (Å²) in [4.78, 5) is 26.3. The summed E-state index contributed by atoms with van der Waals surface area (Å²) in [5.41, 5.74) is 2.16. The van der Waals surface area contributed by atoms with E-state index < -0.39 is 5.97 Å². The molecule has 0 spiro atoms. The van der Waals surface area contributed by atoms with Crippen LogP contribution in [0.15, 0.2) is 12.1 Å². The van der Waals surface area contributed by atoms with Crippen LogP contribution in [0, 0.1) is 0 Å². The van der Waals surface area contributed by atoms with E-state index in [4.69, 9.17) is 5.11 Å². The van der Waals surface area contributed by atoms with Gasteiger partial charge in [-0.1, -0.05) is 31.7 Å². The minimum atomic E-state index is -0.703. The number of rotatable bonds is 9. The Morgan fingerprint density at radius 3 is 2.59 bits per heavy atom. The number of aryl methyl sites for hydroxylation is 2. The number of aliphatic carboxylic acids is 1. The molecule has 2 N–H and O–H groups in total. The maximum atomic E-state index is 11.4. The number of pyridine rings is 1. The molecule has 0 fully saturated rings. The molecule has 0 radical (unpaired) electrons. The van der Waals surface area contributed by atoms with Crippen LogP contribution in [0.25, 0.3) is 0 Å². The highest BCUT2D eigenvalue weighted by Crippen LogP contribution is 2.21. The molecule has 1 aliphatic heterocycles. The molecular formula is C17H24N2O3. The second-order valence-electron chi connectivity index (χ2n) is 5.87. The predicted octanol–water partition coefficient (Wildman–Crippen LogP) is 3.32. The van der Waals surface area contributed by atoms with Crippen LogP contribution in [0.3, 0.4) is 0 Å². The summed E-state index contributed by atoms with van der Waals surface area (Å²) in [7, 11) is 0. The summed E-state index contributed by atoms with van der Waals surface area (Å²) in [6.07, 6.45) is 8.78. The minimum absolute atomic E-state index is 0.0542. The lowest BCUT2D eigenvalue weighted by Crippen LogP contribution is -2.20. The number of nitrogens with one attached hydrogen (secondary N) is 1. The molecule has 0 aliphatic carbocycles. The Kier molecular flexibility index (Phi) is 6.37. The lowest BCUT2D eigenvalue weighted by Gasteiger charge is -2.16. The van der Waals surface area contributed by atoms with Crippen LogP contribution in [-0.4, -0.2) is 22.0 Å². The van der Waals surface area contributed by atoms with E-state index >= 15 is 0 Å². The van der Waals surface area contributed by atoms with Gasteiger partial charge in [0.25, 0.3) is 0 Å². The summed E-state index contributed by atoms with van der Waals surface area (Å²) in [6.45, 7) is 0. The molecule has 0 bridgehead atoms. The smallest absolute Gasteiger partial charge is 0.303 e. The summed E-state index contributed by atoms with van der Waals surface area (Å²) >= 11 is 0. The fourth-order valence-electron chi connectivity index (χ4n) is 2.71. The van der Waals surface area contributed by atoms with Crippen molar-refractivity contribution in [2.75, 3.05) is 5.32 Å². The average molecular weight is 304 g/mol. The fourth-order valence-corrected chi connectivity index (χ4v) is 2.71. The normalized spacial score (nSPS) is 13.5. The quantitative estimate of drug-likeness (QED) is 0.686. The van der Waals surface area contributed by atoms with Crippen molar-refractivity contribution in [2.24, 2.45) is 0 Å². The van der Waals surface area contributed by atoms with Crippen LogP contribution in [0.4, 0.5) is 5.82 Å². The van der Waals surface area contributed by atoms with E-state index in [1.807, 2.05) is 0 Å². The van der Waals surface area contributed by atoms with Crippen molar-refractivity contribution in [3.63, 3.8) is 0 Å². The van der Waals surface area contributed by atoms with Crippen molar-refractivity contribution in [3.05, 3.63) is 23.4 Å². The van der Waals surface area contributed by atoms with Crippen LogP contribution in [0.5, 0.6) is 0 Å². The number of carboxylic acids is 1. The summed E-state index contributed by atoms with van der Waals surface area (Å²) in [5, 5.41) is 11.4. The zero-order chi connectivity index (χ0) is 15.8. The highest BCUT2D eigenvalue weighted by Gasteiger charge is 2.15. The predicted molar refractivity (Wildman–Crippen MR) is 84.8 cm³/mol. The van der Waals surface area contributed by atoms with Gasteiger partial charge in [0.15, 0.2) is 0 Å². The molecule has 1 aromatic heterocycles. The second-order valence-corrected chi connectivity index (χ2v) is 5.87. The van der Waals surface area contributed by atoms with Crippen molar-refractivity contribution in [3.8, 4) is 0 Å². The Morgan fingerprint density at radius 2 is 1.82 bits per heavy atom. The Bertz CT molecular complexity index is 529. The van der Waals surface area contributed by atoms with Crippen LogP contribution in [0.2, 0.25) is 0 Å². The number of aromatic nitrogens is 1. The molecule has 0 saturated heterocycles. The highest BCUT2D eigenvalue weighted by atomic mass is 16.4. The van der Waals surface area contributed by atoms with Gasteiger partial charge in [0.2, 0.25) is 5.91 Å². The SMILES string of the molecule is O=C(O)CCCCCCCCc1ccc2c(n1)NC(=O)CC2. The first-order chi connectivity index (χ1) is 10.6. The van der Waals surface area contributed by atoms with Crippen molar-refractivity contribution >= 4 is 17.7 Å². The minimum Gasteiger partial charge on any atom is -0.481 e. The van der Waals surface area contributed by atoms with Crippen LogP contribution >= 0.6 is 0 Å². The average Bonchev–Trinajstić information content (AvgIpc) is 2.49. The third kappa shape index (κ3) is 5.47. The Morgan fingerprint density at radius 1 is 1.09 bits per heavy atom. The first-order valence-electron chi connectivity index (χ1n) is 8.15. The largest absolute Gasteiger partial charge is 0.481 e. The van der Waals surface area contributed by atoms with Crippen molar-refractivity contribution in [1.82, 2.24) is 4.98 Å². The van der Waals surface area contributed by atoms with Gasteiger partial charge in [-0.25, -0.2) is 4.98 Å². The molecule has 0 saturated carbocycles. The zero-order valence-corrected chi connectivity index (χ0v) is 12.9. The Hall–Kier alpha value is -1.91. The van der Waals surface area contributed by atoms with Gasteiger partial charge in [-0.15, -0.1) is 0 Å². The van der Waals surface area contributed by atoms with E-state index in [0.29, 0.717) is 6.42 Å². The maximum Gasteiger partial charge on any atom is 0.303 e. The molecule has 5 heteroatoms. The number of hydrogen-bond acceptors (Lipinski definition) is 3. The van der Waals surface area contributed by atoms with E-state index in [9.17, 15) is 9.59 Å². The monoisotopic (exact) mass is 304 g/mol. The summed E-state index contributed by atoms with van der Waals surface area (Å²) < 4.78 is 0. The van der Waals surface area contributed by atoms with E-state index in [1.54, 1.807) is 0 Å². The molecular weight excluding hydrogens is 280 g/mol. The fraction of sp³-hybridized carbons (Fsp3) is 0.588. The molecule has 1 aliphatic rings. The standard InChI is InChI=1S/C17H24N2O3/c20-15-12-10-13-9-11-14(18-17(13)19-15)7-5-3-1-2-4-6-8-16(21)22/h9,11H,1-8,10,12H2,(H,21,22)(H,18,19,20). The van der Waals surface area contributed by atoms with Gasteiger partial charge in [0.05, 0.1) is 0 Å². The molecule has 0 unspecified atom stereocenters. The Labute approximate surface area is 131 Å². The van der Waals surface area contributed by atoms with E-state index in [2.05, 4.69) is 22.4 Å². The lowest BCUT2D eigenvalue weighted by atomic mass is 10.0. The molecule has 2 heterocycles. The van der Waals surface area contributed by atoms with E-state index in [0.717, 1.165) is 68.4 Å². The number of unbranched alkanes of at least 4 members (excludes halogenated alkanes) is 5. The van der Waals surface area contributed by atoms with Gasteiger partial charge in [-0.05, 0) is 37.3 Å². The van der Waals surface area contributed by atoms with Crippen molar-refractivity contribution in [2.45, 2.75) is 64.2 Å². The number of carbonyl (C=O) groups excluding carboxylic acids is 1. The molecule has 1 aromatic rings. The number of nitrogens with zero attached hydrogens (tertiary/aromatic N) is 1. The number of anilines is 1. The molecule has 120 valence electrons. The summed E-state index contributed by atoms with van der Waals surface area (Å²) in [5.74, 6) is 0.0894.